The zero-order valence-electron chi connectivity index (χ0n) is 10.7. The molecule has 3 atom stereocenters. The SMILES string of the molecule is CC1CC1CN(C)C(CN)C1CCOCC1. The van der Waals surface area contributed by atoms with E-state index in [9.17, 15) is 0 Å². The number of nitrogens with zero attached hydrogens (tertiary/aromatic N) is 1. The Morgan fingerprint density at radius 2 is 2.00 bits per heavy atom. The molecule has 94 valence electrons. The molecule has 0 spiro atoms. The molecule has 1 aliphatic heterocycles. The molecule has 1 aliphatic carbocycles. The van der Waals surface area contributed by atoms with Crippen LogP contribution in [-0.2, 0) is 4.74 Å². The summed E-state index contributed by atoms with van der Waals surface area (Å²) in [6.45, 7) is 6.23. The van der Waals surface area contributed by atoms with Crippen LogP contribution in [0.25, 0.3) is 0 Å². The highest BCUT2D eigenvalue weighted by molar-refractivity contribution is 4.88. The van der Waals surface area contributed by atoms with Crippen LogP contribution in [0.2, 0.25) is 0 Å². The van der Waals surface area contributed by atoms with Crippen LogP contribution in [0, 0.1) is 17.8 Å². The summed E-state index contributed by atoms with van der Waals surface area (Å²) in [5.41, 5.74) is 5.95. The minimum atomic E-state index is 0.566. The maximum absolute atomic E-state index is 5.95. The van der Waals surface area contributed by atoms with E-state index in [1.54, 1.807) is 0 Å². The lowest BCUT2D eigenvalue weighted by Crippen LogP contribution is -2.46. The van der Waals surface area contributed by atoms with E-state index in [-0.39, 0.29) is 0 Å². The van der Waals surface area contributed by atoms with E-state index >= 15 is 0 Å². The molecule has 0 bridgehead atoms. The first kappa shape index (κ1) is 12.3. The lowest BCUT2D eigenvalue weighted by molar-refractivity contribution is 0.0326. The summed E-state index contributed by atoms with van der Waals surface area (Å²) in [4.78, 5) is 2.50. The maximum Gasteiger partial charge on any atom is 0.0469 e. The van der Waals surface area contributed by atoms with Gasteiger partial charge in [0.2, 0.25) is 0 Å². The normalized spacial score (nSPS) is 33.0. The minimum absolute atomic E-state index is 0.566. The van der Waals surface area contributed by atoms with Crippen molar-refractivity contribution in [2.24, 2.45) is 23.5 Å². The molecule has 2 rings (SSSR count). The lowest BCUT2D eigenvalue weighted by Gasteiger charge is -2.36. The topological polar surface area (TPSA) is 38.5 Å². The van der Waals surface area contributed by atoms with Gasteiger partial charge in [0, 0.05) is 32.3 Å². The second-order valence-electron chi connectivity index (χ2n) is 5.67. The Balaban J connectivity index is 1.82. The van der Waals surface area contributed by atoms with Crippen LogP contribution in [0.3, 0.4) is 0 Å². The molecule has 2 aliphatic rings. The number of rotatable bonds is 5. The van der Waals surface area contributed by atoms with Crippen molar-refractivity contribution in [2.45, 2.75) is 32.2 Å². The largest absolute Gasteiger partial charge is 0.381 e. The fourth-order valence-corrected chi connectivity index (χ4v) is 2.99. The van der Waals surface area contributed by atoms with E-state index in [1.807, 2.05) is 0 Å². The Labute approximate surface area is 99.3 Å². The summed E-state index contributed by atoms with van der Waals surface area (Å²) in [5.74, 6) is 2.62. The minimum Gasteiger partial charge on any atom is -0.381 e. The molecule has 2 fully saturated rings. The predicted octanol–water partition coefficient (Wildman–Crippen LogP) is 1.33. The molecule has 0 aromatic heterocycles. The second kappa shape index (κ2) is 5.48. The zero-order valence-corrected chi connectivity index (χ0v) is 10.7. The number of nitrogens with two attached hydrogens (primary N) is 1. The van der Waals surface area contributed by atoms with E-state index in [0.29, 0.717) is 6.04 Å². The van der Waals surface area contributed by atoms with Crippen LogP contribution in [0.4, 0.5) is 0 Å². The van der Waals surface area contributed by atoms with Gasteiger partial charge in [0.05, 0.1) is 0 Å². The fraction of sp³-hybridized carbons (Fsp3) is 1.00. The molecule has 0 amide bonds. The van der Waals surface area contributed by atoms with Gasteiger partial charge in [-0.15, -0.1) is 0 Å². The van der Waals surface area contributed by atoms with Gasteiger partial charge in [-0.05, 0) is 44.1 Å². The average molecular weight is 226 g/mol. The van der Waals surface area contributed by atoms with E-state index in [1.165, 1.54) is 25.8 Å². The molecule has 2 N–H and O–H groups in total. The van der Waals surface area contributed by atoms with E-state index in [0.717, 1.165) is 37.5 Å². The smallest absolute Gasteiger partial charge is 0.0469 e. The Kier molecular flexibility index (Phi) is 4.22. The molecule has 0 aromatic rings. The lowest BCUT2D eigenvalue weighted by atomic mass is 9.90. The highest BCUT2D eigenvalue weighted by Crippen LogP contribution is 2.38. The molecule has 0 radical (unpaired) electrons. The van der Waals surface area contributed by atoms with Crippen LogP contribution in [0.1, 0.15) is 26.2 Å². The van der Waals surface area contributed by atoms with E-state index < -0.39 is 0 Å². The van der Waals surface area contributed by atoms with Gasteiger partial charge >= 0.3 is 0 Å². The molecule has 1 saturated carbocycles. The van der Waals surface area contributed by atoms with Gasteiger partial charge in [-0.2, -0.15) is 0 Å². The molecular formula is C13H26N2O. The van der Waals surface area contributed by atoms with E-state index in [2.05, 4.69) is 18.9 Å². The van der Waals surface area contributed by atoms with Crippen molar-refractivity contribution in [3.63, 3.8) is 0 Å². The van der Waals surface area contributed by atoms with Gasteiger partial charge in [0.25, 0.3) is 0 Å². The standard InChI is InChI=1S/C13H26N2O/c1-10-7-12(10)9-15(2)13(8-14)11-3-5-16-6-4-11/h10-13H,3-9,14H2,1-2H3. The Morgan fingerprint density at radius 1 is 1.38 bits per heavy atom. The molecule has 3 heteroatoms. The summed E-state index contributed by atoms with van der Waals surface area (Å²) in [6.07, 6.45) is 3.79. The molecule has 3 unspecified atom stereocenters. The third kappa shape index (κ3) is 2.96. The summed E-state index contributed by atoms with van der Waals surface area (Å²) >= 11 is 0. The van der Waals surface area contributed by atoms with Gasteiger partial charge < -0.3 is 15.4 Å². The van der Waals surface area contributed by atoms with Crippen molar-refractivity contribution < 1.29 is 4.74 Å². The Morgan fingerprint density at radius 3 is 2.50 bits per heavy atom. The first-order chi connectivity index (χ1) is 7.72. The third-order valence-electron chi connectivity index (χ3n) is 4.42. The van der Waals surface area contributed by atoms with Crippen LogP contribution in [0.5, 0.6) is 0 Å². The number of ether oxygens (including phenoxy) is 1. The van der Waals surface area contributed by atoms with Crippen molar-refractivity contribution in [1.82, 2.24) is 4.90 Å². The van der Waals surface area contributed by atoms with Crippen LogP contribution < -0.4 is 5.73 Å². The van der Waals surface area contributed by atoms with Crippen molar-refractivity contribution in [3.05, 3.63) is 0 Å². The monoisotopic (exact) mass is 226 g/mol. The second-order valence-corrected chi connectivity index (χ2v) is 5.67. The quantitative estimate of drug-likeness (QED) is 0.768. The molecular weight excluding hydrogens is 200 g/mol. The van der Waals surface area contributed by atoms with Gasteiger partial charge in [-0.3, -0.25) is 0 Å². The average Bonchev–Trinajstić information content (AvgIpc) is 2.96. The summed E-state index contributed by atoms with van der Waals surface area (Å²) < 4.78 is 5.43. The number of hydrogen-bond donors (Lipinski definition) is 1. The van der Waals surface area contributed by atoms with E-state index in [4.69, 9.17) is 10.5 Å². The number of hydrogen-bond acceptors (Lipinski definition) is 3. The first-order valence-corrected chi connectivity index (χ1v) is 6.70. The molecule has 0 aromatic carbocycles. The van der Waals surface area contributed by atoms with Crippen molar-refractivity contribution in [2.75, 3.05) is 33.4 Å². The van der Waals surface area contributed by atoms with Gasteiger partial charge in [-0.1, -0.05) is 6.92 Å². The van der Waals surface area contributed by atoms with Gasteiger partial charge in [-0.25, -0.2) is 0 Å². The molecule has 1 saturated heterocycles. The molecule has 1 heterocycles. The van der Waals surface area contributed by atoms with Crippen molar-refractivity contribution >= 4 is 0 Å². The Hall–Kier alpha value is -0.120. The first-order valence-electron chi connectivity index (χ1n) is 6.70. The van der Waals surface area contributed by atoms with Crippen molar-refractivity contribution in [1.29, 1.82) is 0 Å². The molecule has 16 heavy (non-hydrogen) atoms. The summed E-state index contributed by atoms with van der Waals surface area (Å²) in [7, 11) is 2.25. The Bertz CT molecular complexity index is 216. The predicted molar refractivity (Wildman–Crippen MR) is 66.3 cm³/mol. The van der Waals surface area contributed by atoms with Crippen molar-refractivity contribution in [3.8, 4) is 0 Å². The number of likely N-dealkylation sites (N-methyl/N-ethyl adjacent to an activating group) is 1. The van der Waals surface area contributed by atoms with Crippen LogP contribution >= 0.6 is 0 Å². The zero-order chi connectivity index (χ0) is 11.5. The highest BCUT2D eigenvalue weighted by Gasteiger charge is 2.35. The highest BCUT2D eigenvalue weighted by atomic mass is 16.5. The van der Waals surface area contributed by atoms with Crippen LogP contribution in [-0.4, -0.2) is 44.3 Å². The summed E-state index contributed by atoms with van der Waals surface area (Å²) in [6, 6.07) is 0.566. The fourth-order valence-electron chi connectivity index (χ4n) is 2.99. The maximum atomic E-state index is 5.95. The molecule has 3 nitrogen and oxygen atoms in total. The van der Waals surface area contributed by atoms with Gasteiger partial charge in [0.15, 0.2) is 0 Å². The van der Waals surface area contributed by atoms with Gasteiger partial charge in [0.1, 0.15) is 0 Å². The van der Waals surface area contributed by atoms with Crippen LogP contribution in [0.15, 0.2) is 0 Å². The third-order valence-corrected chi connectivity index (χ3v) is 4.42. The summed E-state index contributed by atoms with van der Waals surface area (Å²) in [5, 5.41) is 0.